The minimum absolute atomic E-state index is 0.0798. The summed E-state index contributed by atoms with van der Waals surface area (Å²) in [6.45, 7) is 0. The first kappa shape index (κ1) is 13.7. The standard InChI is InChI=1S/C13H17F3N2O2/c14-13(15,16)11(19)18-12(20)17-10-8-2-6-1-7(4-8)5-9(10)3-6/h6-10H,1-5H2,(H2,17,18,19,20). The highest BCUT2D eigenvalue weighted by atomic mass is 19.4. The molecule has 0 heterocycles. The third-order valence-electron chi connectivity index (χ3n) is 5.01. The zero-order valence-electron chi connectivity index (χ0n) is 10.9. The molecule has 0 aliphatic heterocycles. The number of carbonyl (C=O) groups is 2. The third-order valence-corrected chi connectivity index (χ3v) is 5.01. The predicted octanol–water partition coefficient (Wildman–Crippen LogP) is 2.20. The topological polar surface area (TPSA) is 58.2 Å². The summed E-state index contributed by atoms with van der Waals surface area (Å²) in [6, 6.07) is -1.10. The van der Waals surface area contributed by atoms with Gasteiger partial charge < -0.3 is 5.32 Å². The first-order chi connectivity index (χ1) is 9.33. The van der Waals surface area contributed by atoms with Crippen LogP contribution in [0, 0.1) is 23.7 Å². The smallest absolute Gasteiger partial charge is 0.335 e. The molecular weight excluding hydrogens is 273 g/mol. The Morgan fingerprint density at radius 3 is 1.85 bits per heavy atom. The number of carbonyl (C=O) groups excluding carboxylic acids is 2. The molecule has 2 N–H and O–H groups in total. The maximum absolute atomic E-state index is 12.1. The normalized spacial score (nSPS) is 38.6. The molecule has 7 heteroatoms. The van der Waals surface area contributed by atoms with E-state index < -0.39 is 18.1 Å². The van der Waals surface area contributed by atoms with Crippen molar-refractivity contribution < 1.29 is 22.8 Å². The van der Waals surface area contributed by atoms with Crippen LogP contribution in [0.1, 0.15) is 32.1 Å². The maximum atomic E-state index is 12.1. The van der Waals surface area contributed by atoms with Crippen molar-refractivity contribution in [2.45, 2.75) is 44.3 Å². The second-order valence-electron chi connectivity index (χ2n) is 6.38. The van der Waals surface area contributed by atoms with E-state index in [2.05, 4.69) is 5.32 Å². The summed E-state index contributed by atoms with van der Waals surface area (Å²) in [5, 5.41) is 3.96. The van der Waals surface area contributed by atoms with Crippen LogP contribution in [-0.2, 0) is 4.79 Å². The van der Waals surface area contributed by atoms with E-state index in [4.69, 9.17) is 0 Å². The number of imide groups is 1. The Kier molecular flexibility index (Phi) is 3.17. The Morgan fingerprint density at radius 1 is 0.900 bits per heavy atom. The molecule has 4 aliphatic rings. The van der Waals surface area contributed by atoms with Crippen LogP contribution in [0.15, 0.2) is 0 Å². The van der Waals surface area contributed by atoms with Gasteiger partial charge in [-0.1, -0.05) is 0 Å². The lowest BCUT2D eigenvalue weighted by Gasteiger charge is -2.54. The van der Waals surface area contributed by atoms with Crippen molar-refractivity contribution in [1.29, 1.82) is 0 Å². The van der Waals surface area contributed by atoms with E-state index in [9.17, 15) is 22.8 Å². The van der Waals surface area contributed by atoms with Gasteiger partial charge in [0.1, 0.15) is 0 Å². The number of urea groups is 1. The molecule has 0 aromatic rings. The van der Waals surface area contributed by atoms with Crippen LogP contribution < -0.4 is 10.6 Å². The number of nitrogens with one attached hydrogen (secondary N) is 2. The molecule has 0 aromatic heterocycles. The SMILES string of the molecule is O=C(NC(=O)C(F)(F)F)NC1C2CC3CC(C2)CC1C3. The molecule has 0 spiro atoms. The average Bonchev–Trinajstić information content (AvgIpc) is 2.31. The summed E-state index contributed by atoms with van der Waals surface area (Å²) in [5.74, 6) is -0.0550. The molecule has 20 heavy (non-hydrogen) atoms. The Labute approximate surface area is 114 Å². The Balaban J connectivity index is 1.58. The van der Waals surface area contributed by atoms with E-state index in [1.165, 1.54) is 11.7 Å². The van der Waals surface area contributed by atoms with Crippen molar-refractivity contribution in [1.82, 2.24) is 10.6 Å². The molecule has 0 saturated heterocycles. The fourth-order valence-corrected chi connectivity index (χ4v) is 4.52. The lowest BCUT2D eigenvalue weighted by molar-refractivity contribution is -0.172. The zero-order valence-corrected chi connectivity index (χ0v) is 10.9. The highest BCUT2D eigenvalue weighted by Crippen LogP contribution is 2.53. The first-order valence-corrected chi connectivity index (χ1v) is 7.01. The summed E-state index contributed by atoms with van der Waals surface area (Å²) in [4.78, 5) is 22.3. The Hall–Kier alpha value is -1.27. The number of rotatable bonds is 1. The van der Waals surface area contributed by atoms with Crippen LogP contribution in [0.25, 0.3) is 0 Å². The largest absolute Gasteiger partial charge is 0.471 e. The summed E-state index contributed by atoms with van der Waals surface area (Å²) in [6.07, 6.45) is 0.423. The molecule has 0 radical (unpaired) electrons. The molecular formula is C13H17F3N2O2. The lowest BCUT2D eigenvalue weighted by atomic mass is 9.54. The maximum Gasteiger partial charge on any atom is 0.471 e. The second-order valence-corrected chi connectivity index (χ2v) is 6.38. The van der Waals surface area contributed by atoms with Gasteiger partial charge in [-0.15, -0.1) is 0 Å². The van der Waals surface area contributed by atoms with Gasteiger partial charge in [0.15, 0.2) is 0 Å². The number of hydrogen-bond donors (Lipinski definition) is 2. The van der Waals surface area contributed by atoms with Gasteiger partial charge in [-0.2, -0.15) is 13.2 Å². The highest BCUT2D eigenvalue weighted by molar-refractivity contribution is 5.97. The van der Waals surface area contributed by atoms with Crippen LogP contribution in [0.3, 0.4) is 0 Å². The summed E-state index contributed by atoms with van der Waals surface area (Å²) in [5.41, 5.74) is 0. The van der Waals surface area contributed by atoms with E-state index >= 15 is 0 Å². The minimum Gasteiger partial charge on any atom is -0.335 e. The van der Waals surface area contributed by atoms with Crippen molar-refractivity contribution in [2.24, 2.45) is 23.7 Å². The fourth-order valence-electron chi connectivity index (χ4n) is 4.52. The molecule has 3 amide bonds. The Bertz CT molecular complexity index is 408. The van der Waals surface area contributed by atoms with Crippen molar-refractivity contribution >= 4 is 11.9 Å². The molecule has 0 unspecified atom stereocenters. The molecule has 0 aromatic carbocycles. The van der Waals surface area contributed by atoms with Gasteiger partial charge in [0.2, 0.25) is 0 Å². The van der Waals surface area contributed by atoms with Gasteiger partial charge in [-0.3, -0.25) is 10.1 Å². The quantitative estimate of drug-likeness (QED) is 0.778. The van der Waals surface area contributed by atoms with E-state index in [-0.39, 0.29) is 6.04 Å². The molecule has 4 bridgehead atoms. The third kappa shape index (κ3) is 2.50. The van der Waals surface area contributed by atoms with E-state index in [1.807, 2.05) is 0 Å². The monoisotopic (exact) mass is 290 g/mol. The van der Waals surface area contributed by atoms with Gasteiger partial charge in [-0.25, -0.2) is 4.79 Å². The Morgan fingerprint density at radius 2 is 1.40 bits per heavy atom. The molecule has 4 aliphatic carbocycles. The minimum atomic E-state index is -5.03. The number of halogens is 3. The van der Waals surface area contributed by atoms with Crippen molar-refractivity contribution in [3.8, 4) is 0 Å². The van der Waals surface area contributed by atoms with E-state index in [1.54, 1.807) is 0 Å². The van der Waals surface area contributed by atoms with E-state index in [0.29, 0.717) is 11.8 Å². The van der Waals surface area contributed by atoms with Crippen molar-refractivity contribution in [3.05, 3.63) is 0 Å². The van der Waals surface area contributed by atoms with Gasteiger partial charge in [0, 0.05) is 6.04 Å². The highest BCUT2D eigenvalue weighted by Gasteiger charge is 2.49. The molecule has 4 rings (SSSR count). The van der Waals surface area contributed by atoms with Gasteiger partial charge in [0.25, 0.3) is 0 Å². The van der Waals surface area contributed by atoms with Crippen LogP contribution >= 0.6 is 0 Å². The van der Waals surface area contributed by atoms with E-state index in [0.717, 1.165) is 37.5 Å². The van der Waals surface area contributed by atoms with Crippen molar-refractivity contribution in [2.75, 3.05) is 0 Å². The number of amides is 3. The average molecular weight is 290 g/mol. The molecule has 112 valence electrons. The van der Waals surface area contributed by atoms with Gasteiger partial charge >= 0.3 is 18.1 Å². The predicted molar refractivity (Wildman–Crippen MR) is 63.6 cm³/mol. The fraction of sp³-hybridized carbons (Fsp3) is 0.846. The summed E-state index contributed by atoms with van der Waals surface area (Å²) >= 11 is 0. The van der Waals surface area contributed by atoms with Crippen LogP contribution in [-0.4, -0.2) is 24.2 Å². The molecule has 4 saturated carbocycles. The number of alkyl halides is 3. The van der Waals surface area contributed by atoms with Gasteiger partial charge in [0.05, 0.1) is 0 Å². The van der Waals surface area contributed by atoms with Gasteiger partial charge in [-0.05, 0) is 55.8 Å². The number of hydrogen-bond acceptors (Lipinski definition) is 2. The molecule has 4 fully saturated rings. The van der Waals surface area contributed by atoms with Crippen LogP contribution in [0.4, 0.5) is 18.0 Å². The first-order valence-electron chi connectivity index (χ1n) is 7.01. The zero-order chi connectivity index (χ0) is 14.5. The second kappa shape index (κ2) is 4.63. The van der Waals surface area contributed by atoms with Crippen LogP contribution in [0.2, 0.25) is 0 Å². The lowest BCUT2D eigenvalue weighted by Crippen LogP contribution is -2.58. The summed E-state index contributed by atoms with van der Waals surface area (Å²) < 4.78 is 36.3. The van der Waals surface area contributed by atoms with Crippen molar-refractivity contribution in [3.63, 3.8) is 0 Å². The summed E-state index contributed by atoms with van der Waals surface area (Å²) in [7, 11) is 0. The molecule has 4 nitrogen and oxygen atoms in total. The molecule has 0 atom stereocenters. The van der Waals surface area contributed by atoms with Crippen LogP contribution in [0.5, 0.6) is 0 Å².